The zero-order valence-corrected chi connectivity index (χ0v) is 11.2. The van der Waals surface area contributed by atoms with Gasteiger partial charge in [-0.05, 0) is 18.2 Å². The van der Waals surface area contributed by atoms with Crippen molar-refractivity contribution < 1.29 is 9.53 Å². The minimum Gasteiger partial charge on any atom is -0.461 e. The van der Waals surface area contributed by atoms with Crippen LogP contribution in [0.3, 0.4) is 0 Å². The molecule has 0 unspecified atom stereocenters. The molecule has 0 fully saturated rings. The number of benzene rings is 1. The molecule has 0 bridgehead atoms. The van der Waals surface area contributed by atoms with E-state index in [0.29, 0.717) is 5.69 Å². The molecule has 0 radical (unpaired) electrons. The Morgan fingerprint density at radius 3 is 3.22 bits per heavy atom. The van der Waals surface area contributed by atoms with Gasteiger partial charge < -0.3 is 10.5 Å². The lowest BCUT2D eigenvalue weighted by molar-refractivity contribution is -0.139. The number of thiazole rings is 1. The number of anilines is 1. The molecule has 1 aromatic heterocycles. The highest BCUT2D eigenvalue weighted by Gasteiger charge is 2.08. The summed E-state index contributed by atoms with van der Waals surface area (Å²) in [6.45, 7) is 3.73. The minimum atomic E-state index is -0.265. The van der Waals surface area contributed by atoms with Crippen LogP contribution in [0.1, 0.15) is 0 Å². The maximum absolute atomic E-state index is 11.3. The number of hydrogen-bond donors (Lipinski definition) is 1. The highest BCUT2D eigenvalue weighted by molar-refractivity contribution is 8.01. The summed E-state index contributed by atoms with van der Waals surface area (Å²) in [5, 5.41) is 0. The Kier molecular flexibility index (Phi) is 4.22. The number of nitrogens with zero attached hydrogens (tertiary/aromatic N) is 1. The fourth-order valence-corrected chi connectivity index (χ4v) is 3.21. The van der Waals surface area contributed by atoms with Crippen molar-refractivity contribution in [3.05, 3.63) is 30.9 Å². The second-order valence-corrected chi connectivity index (χ2v) is 5.72. The number of fused-ring (bicyclic) bond motifs is 1. The van der Waals surface area contributed by atoms with E-state index in [1.54, 1.807) is 6.08 Å². The van der Waals surface area contributed by atoms with Crippen molar-refractivity contribution in [1.29, 1.82) is 0 Å². The fourth-order valence-electron chi connectivity index (χ4n) is 1.30. The largest absolute Gasteiger partial charge is 0.461 e. The summed E-state index contributed by atoms with van der Waals surface area (Å²) in [4.78, 5) is 15.7. The topological polar surface area (TPSA) is 65.2 Å². The summed E-state index contributed by atoms with van der Waals surface area (Å²) in [6, 6.07) is 5.57. The number of esters is 1. The first-order valence-electron chi connectivity index (χ1n) is 5.24. The quantitative estimate of drug-likeness (QED) is 0.395. The van der Waals surface area contributed by atoms with Gasteiger partial charge in [-0.15, -0.1) is 11.3 Å². The van der Waals surface area contributed by atoms with Crippen LogP contribution in [-0.2, 0) is 9.53 Å². The molecule has 0 amide bonds. The monoisotopic (exact) mass is 280 g/mol. The Balaban J connectivity index is 1.99. The Morgan fingerprint density at radius 2 is 2.44 bits per heavy atom. The van der Waals surface area contributed by atoms with Gasteiger partial charge in [0.1, 0.15) is 6.61 Å². The molecule has 0 aliphatic carbocycles. The zero-order chi connectivity index (χ0) is 13.0. The number of aromatic nitrogens is 1. The molecule has 0 atom stereocenters. The summed E-state index contributed by atoms with van der Waals surface area (Å²) < 4.78 is 6.75. The smallest absolute Gasteiger partial charge is 0.316 e. The van der Waals surface area contributed by atoms with Crippen LogP contribution in [-0.4, -0.2) is 23.3 Å². The summed E-state index contributed by atoms with van der Waals surface area (Å²) in [7, 11) is 0. The second kappa shape index (κ2) is 5.88. The molecule has 4 nitrogen and oxygen atoms in total. The molecular formula is C12H12N2O2S2. The van der Waals surface area contributed by atoms with Gasteiger partial charge in [-0.1, -0.05) is 24.4 Å². The third kappa shape index (κ3) is 3.24. The first-order valence-corrected chi connectivity index (χ1v) is 7.04. The third-order valence-corrected chi connectivity index (χ3v) is 4.20. The lowest BCUT2D eigenvalue weighted by Gasteiger charge is -1.98. The second-order valence-electron chi connectivity index (χ2n) is 3.47. The van der Waals surface area contributed by atoms with Gasteiger partial charge in [-0.25, -0.2) is 4.98 Å². The molecule has 0 aliphatic rings. The number of carbonyl (C=O) groups is 1. The van der Waals surface area contributed by atoms with E-state index in [1.165, 1.54) is 23.1 Å². The Labute approximate surface area is 113 Å². The van der Waals surface area contributed by atoms with Crippen molar-refractivity contribution in [2.45, 2.75) is 4.34 Å². The predicted octanol–water partition coefficient (Wildman–Crippen LogP) is 2.70. The molecule has 94 valence electrons. The lowest BCUT2D eigenvalue weighted by Crippen LogP contribution is -2.06. The van der Waals surface area contributed by atoms with Gasteiger partial charge in [0.25, 0.3) is 0 Å². The van der Waals surface area contributed by atoms with Crippen LogP contribution in [0.5, 0.6) is 0 Å². The zero-order valence-electron chi connectivity index (χ0n) is 9.59. The third-order valence-electron chi connectivity index (χ3n) is 2.07. The summed E-state index contributed by atoms with van der Waals surface area (Å²) in [5.74, 6) is -0.0120. The van der Waals surface area contributed by atoms with Crippen LogP contribution in [0.15, 0.2) is 35.2 Å². The fraction of sp³-hybridized carbons (Fsp3) is 0.167. The lowest BCUT2D eigenvalue weighted by atomic mass is 10.3. The molecule has 0 spiro atoms. The van der Waals surface area contributed by atoms with Crippen LogP contribution in [0, 0.1) is 0 Å². The summed E-state index contributed by atoms with van der Waals surface area (Å²) >= 11 is 2.89. The predicted molar refractivity (Wildman–Crippen MR) is 75.9 cm³/mol. The summed E-state index contributed by atoms with van der Waals surface area (Å²) in [5.41, 5.74) is 7.31. The van der Waals surface area contributed by atoms with Crippen molar-refractivity contribution in [2.75, 3.05) is 18.1 Å². The first kappa shape index (κ1) is 12.9. The minimum absolute atomic E-state index is 0.246. The van der Waals surface area contributed by atoms with Gasteiger partial charge in [-0.3, -0.25) is 4.79 Å². The maximum Gasteiger partial charge on any atom is 0.316 e. The van der Waals surface area contributed by atoms with Crippen molar-refractivity contribution in [1.82, 2.24) is 4.98 Å². The number of carbonyl (C=O) groups excluding carboxylic acids is 1. The van der Waals surface area contributed by atoms with Gasteiger partial charge in [0.15, 0.2) is 4.34 Å². The molecule has 0 aliphatic heterocycles. The highest BCUT2D eigenvalue weighted by Crippen LogP contribution is 2.30. The average molecular weight is 280 g/mol. The normalized spacial score (nSPS) is 10.4. The number of hydrogen-bond acceptors (Lipinski definition) is 6. The van der Waals surface area contributed by atoms with Crippen molar-refractivity contribution in [3.63, 3.8) is 0 Å². The number of rotatable bonds is 5. The van der Waals surface area contributed by atoms with Crippen LogP contribution in [0.4, 0.5) is 5.69 Å². The van der Waals surface area contributed by atoms with E-state index in [1.807, 2.05) is 18.2 Å². The van der Waals surface area contributed by atoms with E-state index < -0.39 is 0 Å². The van der Waals surface area contributed by atoms with E-state index in [4.69, 9.17) is 10.5 Å². The molecule has 2 N–H and O–H groups in total. The molecule has 2 aromatic rings. The molecule has 6 heteroatoms. The van der Waals surface area contributed by atoms with E-state index in [-0.39, 0.29) is 18.3 Å². The van der Waals surface area contributed by atoms with Crippen molar-refractivity contribution >= 4 is 45.0 Å². The average Bonchev–Trinajstić information content (AvgIpc) is 2.75. The number of thioether (sulfide) groups is 1. The van der Waals surface area contributed by atoms with Crippen LogP contribution in [0.25, 0.3) is 10.2 Å². The van der Waals surface area contributed by atoms with Gasteiger partial charge in [0.05, 0.1) is 16.0 Å². The van der Waals surface area contributed by atoms with E-state index in [9.17, 15) is 4.79 Å². The van der Waals surface area contributed by atoms with Gasteiger partial charge in [0.2, 0.25) is 0 Å². The number of nitrogens with two attached hydrogens (primary N) is 1. The molecular weight excluding hydrogens is 268 g/mol. The Morgan fingerprint density at radius 1 is 1.61 bits per heavy atom. The molecule has 0 saturated heterocycles. The Bertz CT molecular complexity index is 580. The van der Waals surface area contributed by atoms with Crippen LogP contribution < -0.4 is 5.73 Å². The van der Waals surface area contributed by atoms with Crippen molar-refractivity contribution in [3.8, 4) is 0 Å². The maximum atomic E-state index is 11.3. The molecule has 1 heterocycles. The van der Waals surface area contributed by atoms with E-state index >= 15 is 0 Å². The van der Waals surface area contributed by atoms with E-state index in [2.05, 4.69) is 11.6 Å². The highest BCUT2D eigenvalue weighted by atomic mass is 32.2. The van der Waals surface area contributed by atoms with Crippen LogP contribution >= 0.6 is 23.1 Å². The molecule has 1 aromatic carbocycles. The summed E-state index contributed by atoms with van der Waals surface area (Å²) in [6.07, 6.45) is 1.54. The Hall–Kier alpha value is -1.53. The van der Waals surface area contributed by atoms with Gasteiger partial charge in [0, 0.05) is 5.69 Å². The molecule has 0 saturated carbocycles. The standard InChI is InChI=1S/C12H12N2O2S2/c1-2-5-16-11(15)7-17-12-14-9-4-3-8(13)6-10(9)18-12/h2-4,6H,1,5,7,13H2. The van der Waals surface area contributed by atoms with Crippen molar-refractivity contribution in [2.24, 2.45) is 0 Å². The number of nitrogen functional groups attached to an aromatic ring is 1. The molecule has 18 heavy (non-hydrogen) atoms. The SMILES string of the molecule is C=CCOC(=O)CSc1nc2ccc(N)cc2s1. The van der Waals surface area contributed by atoms with Crippen LogP contribution in [0.2, 0.25) is 0 Å². The van der Waals surface area contributed by atoms with E-state index in [0.717, 1.165) is 14.6 Å². The van der Waals surface area contributed by atoms with Gasteiger partial charge >= 0.3 is 5.97 Å². The first-order chi connectivity index (χ1) is 8.69. The number of ether oxygens (including phenoxy) is 1. The molecule has 2 rings (SSSR count). The van der Waals surface area contributed by atoms with Gasteiger partial charge in [-0.2, -0.15) is 0 Å².